The van der Waals surface area contributed by atoms with Crippen LogP contribution < -0.4 is 0 Å². The Bertz CT molecular complexity index is 852. The molecular formula is C15H16N4O3S2. The molecule has 24 heavy (non-hydrogen) atoms. The summed E-state index contributed by atoms with van der Waals surface area (Å²) < 4.78 is 32.5. The molecule has 0 amide bonds. The minimum Gasteiger partial charge on any atom is -0.411 e. The standard InChI is InChI=1S/C15H16N4O3S2/c16-7-10-23-15-18-17-14(22-15)12-5-4-6-13(11-12)24(20,21)19-8-2-1-3-9-19/h4-6,11H,1-3,8-10H2. The van der Waals surface area contributed by atoms with Crippen molar-refractivity contribution in [1.29, 1.82) is 5.26 Å². The summed E-state index contributed by atoms with van der Waals surface area (Å²) >= 11 is 1.14. The van der Waals surface area contributed by atoms with Gasteiger partial charge in [-0.15, -0.1) is 10.2 Å². The zero-order valence-corrected chi connectivity index (χ0v) is 14.5. The zero-order valence-electron chi connectivity index (χ0n) is 12.9. The fraction of sp³-hybridized carbons (Fsp3) is 0.400. The molecule has 126 valence electrons. The van der Waals surface area contributed by atoms with Gasteiger partial charge in [0.2, 0.25) is 15.9 Å². The topological polar surface area (TPSA) is 100 Å². The second kappa shape index (κ2) is 7.34. The van der Waals surface area contributed by atoms with E-state index in [4.69, 9.17) is 9.68 Å². The van der Waals surface area contributed by atoms with Crippen LogP contribution in [0.1, 0.15) is 19.3 Å². The van der Waals surface area contributed by atoms with Gasteiger partial charge >= 0.3 is 0 Å². The second-order valence-electron chi connectivity index (χ2n) is 5.31. The van der Waals surface area contributed by atoms with Crippen LogP contribution in [0, 0.1) is 11.3 Å². The Hall–Kier alpha value is -1.89. The molecule has 0 radical (unpaired) electrons. The summed E-state index contributed by atoms with van der Waals surface area (Å²) in [4.78, 5) is 0.228. The molecule has 2 heterocycles. The maximum absolute atomic E-state index is 12.7. The van der Waals surface area contributed by atoms with Crippen molar-refractivity contribution in [3.63, 3.8) is 0 Å². The number of piperidine rings is 1. The number of aromatic nitrogens is 2. The van der Waals surface area contributed by atoms with Gasteiger partial charge in [-0.05, 0) is 31.0 Å². The number of nitriles is 1. The van der Waals surface area contributed by atoms with Crippen molar-refractivity contribution < 1.29 is 12.8 Å². The fourth-order valence-electron chi connectivity index (χ4n) is 2.52. The van der Waals surface area contributed by atoms with Crippen LogP contribution in [0.2, 0.25) is 0 Å². The molecule has 1 aliphatic rings. The molecule has 1 aliphatic heterocycles. The van der Waals surface area contributed by atoms with Crippen molar-refractivity contribution in [2.75, 3.05) is 18.8 Å². The third kappa shape index (κ3) is 3.61. The molecule has 1 aromatic carbocycles. The van der Waals surface area contributed by atoms with Gasteiger partial charge in [-0.3, -0.25) is 0 Å². The lowest BCUT2D eigenvalue weighted by Crippen LogP contribution is -2.35. The molecule has 0 bridgehead atoms. The summed E-state index contributed by atoms with van der Waals surface area (Å²) in [5, 5.41) is 16.6. The monoisotopic (exact) mass is 364 g/mol. The van der Waals surface area contributed by atoms with Crippen LogP contribution in [-0.4, -0.2) is 41.8 Å². The molecule has 1 aromatic heterocycles. The van der Waals surface area contributed by atoms with E-state index in [9.17, 15) is 8.42 Å². The molecule has 9 heteroatoms. The van der Waals surface area contributed by atoms with E-state index in [1.54, 1.807) is 24.3 Å². The Kier molecular flexibility index (Phi) is 5.18. The second-order valence-corrected chi connectivity index (χ2v) is 8.18. The van der Waals surface area contributed by atoms with Crippen LogP contribution in [0.5, 0.6) is 0 Å². The highest BCUT2D eigenvalue weighted by atomic mass is 32.2. The van der Waals surface area contributed by atoms with Crippen LogP contribution in [0.25, 0.3) is 11.5 Å². The Morgan fingerprint density at radius 3 is 2.79 bits per heavy atom. The van der Waals surface area contributed by atoms with Gasteiger partial charge in [0.05, 0.1) is 16.7 Å². The van der Waals surface area contributed by atoms with E-state index in [0.717, 1.165) is 31.0 Å². The van der Waals surface area contributed by atoms with Gasteiger partial charge in [-0.2, -0.15) is 9.57 Å². The smallest absolute Gasteiger partial charge is 0.277 e. The van der Waals surface area contributed by atoms with Crippen LogP contribution in [0.4, 0.5) is 0 Å². The molecule has 1 saturated heterocycles. The average molecular weight is 364 g/mol. The lowest BCUT2D eigenvalue weighted by Gasteiger charge is -2.25. The first kappa shape index (κ1) is 17.0. The number of benzene rings is 1. The first-order chi connectivity index (χ1) is 11.6. The molecular weight excluding hydrogens is 348 g/mol. The third-order valence-electron chi connectivity index (χ3n) is 3.70. The summed E-state index contributed by atoms with van der Waals surface area (Å²) in [5.74, 6) is 0.455. The summed E-state index contributed by atoms with van der Waals surface area (Å²) in [5.41, 5.74) is 0.546. The fourth-order valence-corrected chi connectivity index (χ4v) is 4.51. The van der Waals surface area contributed by atoms with Gasteiger partial charge in [0.15, 0.2) is 0 Å². The summed E-state index contributed by atoms with van der Waals surface area (Å²) in [7, 11) is -3.50. The van der Waals surface area contributed by atoms with Crippen molar-refractivity contribution in [1.82, 2.24) is 14.5 Å². The zero-order chi connectivity index (χ0) is 17.0. The van der Waals surface area contributed by atoms with Crippen molar-refractivity contribution in [2.24, 2.45) is 0 Å². The SMILES string of the molecule is N#CCSc1nnc(-c2cccc(S(=O)(=O)N3CCCCC3)c2)o1. The number of hydrogen-bond acceptors (Lipinski definition) is 7. The highest BCUT2D eigenvalue weighted by Gasteiger charge is 2.26. The first-order valence-corrected chi connectivity index (χ1v) is 9.97. The third-order valence-corrected chi connectivity index (χ3v) is 6.28. The van der Waals surface area contributed by atoms with Gasteiger partial charge < -0.3 is 4.42 Å². The van der Waals surface area contributed by atoms with Gasteiger partial charge in [-0.1, -0.05) is 24.2 Å². The van der Waals surface area contributed by atoms with E-state index in [1.165, 1.54) is 4.31 Å². The molecule has 7 nitrogen and oxygen atoms in total. The normalized spacial score (nSPS) is 16.0. The van der Waals surface area contributed by atoms with E-state index < -0.39 is 10.0 Å². The number of thioether (sulfide) groups is 1. The summed E-state index contributed by atoms with van der Waals surface area (Å²) in [6.07, 6.45) is 2.85. The predicted molar refractivity (Wildman–Crippen MR) is 88.7 cm³/mol. The van der Waals surface area contributed by atoms with Crippen molar-refractivity contribution in [2.45, 2.75) is 29.4 Å². The van der Waals surface area contributed by atoms with Crippen molar-refractivity contribution in [3.8, 4) is 17.5 Å². The number of nitrogens with zero attached hydrogens (tertiary/aromatic N) is 4. The Balaban J connectivity index is 1.86. The maximum Gasteiger partial charge on any atom is 0.277 e. The minimum absolute atomic E-state index is 0.213. The maximum atomic E-state index is 12.7. The van der Waals surface area contributed by atoms with E-state index >= 15 is 0 Å². The molecule has 0 N–H and O–H groups in total. The number of sulfonamides is 1. The van der Waals surface area contributed by atoms with Gasteiger partial charge in [0, 0.05) is 18.7 Å². The summed E-state index contributed by atoms with van der Waals surface area (Å²) in [6, 6.07) is 8.50. The first-order valence-electron chi connectivity index (χ1n) is 7.55. The number of hydrogen-bond donors (Lipinski definition) is 0. The Morgan fingerprint density at radius 2 is 2.04 bits per heavy atom. The van der Waals surface area contributed by atoms with Crippen LogP contribution >= 0.6 is 11.8 Å². The van der Waals surface area contributed by atoms with Crippen LogP contribution in [-0.2, 0) is 10.0 Å². The van der Waals surface area contributed by atoms with E-state index in [2.05, 4.69) is 10.2 Å². The molecule has 0 aliphatic carbocycles. The molecule has 1 fully saturated rings. The van der Waals surface area contributed by atoms with Crippen molar-refractivity contribution >= 4 is 21.8 Å². The molecule has 0 atom stereocenters. The highest BCUT2D eigenvalue weighted by Crippen LogP contribution is 2.27. The number of rotatable bonds is 5. The Morgan fingerprint density at radius 1 is 1.25 bits per heavy atom. The largest absolute Gasteiger partial charge is 0.411 e. The molecule has 0 spiro atoms. The van der Waals surface area contributed by atoms with Gasteiger partial charge in [0.1, 0.15) is 0 Å². The molecule has 3 rings (SSSR count). The predicted octanol–water partition coefficient (Wildman–Crippen LogP) is 2.53. The van der Waals surface area contributed by atoms with Crippen molar-refractivity contribution in [3.05, 3.63) is 24.3 Å². The van der Waals surface area contributed by atoms with Crippen LogP contribution in [0.3, 0.4) is 0 Å². The van der Waals surface area contributed by atoms with E-state index in [1.807, 2.05) is 6.07 Å². The van der Waals surface area contributed by atoms with Gasteiger partial charge in [0.25, 0.3) is 5.22 Å². The lowest BCUT2D eigenvalue weighted by atomic mass is 10.2. The average Bonchev–Trinajstić information content (AvgIpc) is 3.10. The lowest BCUT2D eigenvalue weighted by molar-refractivity contribution is 0.346. The van der Waals surface area contributed by atoms with Crippen LogP contribution in [0.15, 0.2) is 38.8 Å². The Labute approximate surface area is 144 Å². The highest BCUT2D eigenvalue weighted by molar-refractivity contribution is 7.99. The van der Waals surface area contributed by atoms with E-state index in [0.29, 0.717) is 18.7 Å². The van der Waals surface area contributed by atoms with E-state index in [-0.39, 0.29) is 21.8 Å². The summed E-state index contributed by atoms with van der Waals surface area (Å²) in [6.45, 7) is 1.12. The van der Waals surface area contributed by atoms with Gasteiger partial charge in [-0.25, -0.2) is 8.42 Å². The molecule has 2 aromatic rings. The molecule has 0 saturated carbocycles. The molecule has 0 unspecified atom stereocenters. The minimum atomic E-state index is -3.50. The quantitative estimate of drug-likeness (QED) is 0.751.